The summed E-state index contributed by atoms with van der Waals surface area (Å²) in [5, 5.41) is 3.11. The van der Waals surface area contributed by atoms with Crippen molar-refractivity contribution in [3.05, 3.63) is 16.1 Å². The molecule has 0 bridgehead atoms. The van der Waals surface area contributed by atoms with Crippen molar-refractivity contribution in [2.75, 3.05) is 34.9 Å². The highest BCUT2D eigenvalue weighted by molar-refractivity contribution is 9.10. The molecule has 17 heavy (non-hydrogen) atoms. The molecule has 0 radical (unpaired) electrons. The highest BCUT2D eigenvalue weighted by Gasteiger charge is 2.19. The Kier molecular flexibility index (Phi) is 5.58. The van der Waals surface area contributed by atoms with Crippen LogP contribution in [0, 0.1) is 0 Å². The van der Waals surface area contributed by atoms with Gasteiger partial charge in [-0.3, -0.25) is 0 Å². The second kappa shape index (κ2) is 6.71. The number of likely N-dealkylation sites (N-methyl/N-ethyl adjacent to an activating group) is 1. The molecule has 0 unspecified atom stereocenters. The molecule has 0 aliphatic heterocycles. The van der Waals surface area contributed by atoms with Crippen molar-refractivity contribution in [2.45, 2.75) is 6.42 Å². The molecule has 0 saturated carbocycles. The van der Waals surface area contributed by atoms with E-state index in [4.69, 9.17) is 14.2 Å². The zero-order valence-corrected chi connectivity index (χ0v) is 12.2. The lowest BCUT2D eigenvalue weighted by atomic mass is 10.1. The number of halogens is 1. The van der Waals surface area contributed by atoms with E-state index < -0.39 is 0 Å². The summed E-state index contributed by atoms with van der Waals surface area (Å²) >= 11 is 3.47. The molecule has 1 rings (SSSR count). The average Bonchev–Trinajstić information content (AvgIpc) is 2.35. The maximum atomic E-state index is 5.41. The molecular formula is C12H18BrNO3. The van der Waals surface area contributed by atoms with Gasteiger partial charge in [0, 0.05) is 5.56 Å². The fourth-order valence-electron chi connectivity index (χ4n) is 1.69. The van der Waals surface area contributed by atoms with Gasteiger partial charge >= 0.3 is 0 Å². The number of nitrogens with one attached hydrogen (secondary N) is 1. The van der Waals surface area contributed by atoms with Gasteiger partial charge in [0.2, 0.25) is 5.75 Å². The number of rotatable bonds is 6. The molecule has 0 aliphatic carbocycles. The first-order valence-corrected chi connectivity index (χ1v) is 6.10. The topological polar surface area (TPSA) is 39.7 Å². The molecule has 4 nitrogen and oxygen atoms in total. The molecule has 1 N–H and O–H groups in total. The zero-order chi connectivity index (χ0) is 12.8. The van der Waals surface area contributed by atoms with Gasteiger partial charge < -0.3 is 19.5 Å². The van der Waals surface area contributed by atoms with Crippen LogP contribution in [0.5, 0.6) is 17.2 Å². The van der Waals surface area contributed by atoms with Crippen LogP contribution in [-0.4, -0.2) is 34.9 Å². The zero-order valence-electron chi connectivity index (χ0n) is 10.6. The average molecular weight is 304 g/mol. The van der Waals surface area contributed by atoms with Gasteiger partial charge in [-0.2, -0.15) is 0 Å². The highest BCUT2D eigenvalue weighted by atomic mass is 79.9. The van der Waals surface area contributed by atoms with Crippen molar-refractivity contribution in [1.29, 1.82) is 0 Å². The molecule has 1 aromatic rings. The van der Waals surface area contributed by atoms with Crippen LogP contribution in [0.2, 0.25) is 0 Å². The molecule has 0 atom stereocenters. The van der Waals surface area contributed by atoms with E-state index >= 15 is 0 Å². The summed E-state index contributed by atoms with van der Waals surface area (Å²) in [6, 6.07) is 2.00. The van der Waals surface area contributed by atoms with Gasteiger partial charge in [-0.25, -0.2) is 0 Å². The van der Waals surface area contributed by atoms with Gasteiger partial charge in [-0.15, -0.1) is 0 Å². The third-order valence-electron chi connectivity index (χ3n) is 2.48. The Labute approximate surface area is 110 Å². The van der Waals surface area contributed by atoms with Gasteiger partial charge in [0.25, 0.3) is 0 Å². The quantitative estimate of drug-likeness (QED) is 0.875. The lowest BCUT2D eigenvalue weighted by Gasteiger charge is -2.17. The Morgan fingerprint density at radius 2 is 1.65 bits per heavy atom. The molecule has 1 aromatic carbocycles. The molecule has 5 heteroatoms. The summed E-state index contributed by atoms with van der Waals surface area (Å²) in [6.45, 7) is 0.873. The predicted molar refractivity (Wildman–Crippen MR) is 71.4 cm³/mol. The minimum atomic E-state index is 0.621. The van der Waals surface area contributed by atoms with Crippen molar-refractivity contribution < 1.29 is 14.2 Å². The van der Waals surface area contributed by atoms with E-state index in [1.165, 1.54) is 0 Å². The van der Waals surface area contributed by atoms with E-state index in [0.717, 1.165) is 28.8 Å². The Morgan fingerprint density at radius 1 is 1.06 bits per heavy atom. The monoisotopic (exact) mass is 303 g/mol. The van der Waals surface area contributed by atoms with Crippen LogP contribution in [-0.2, 0) is 6.42 Å². The van der Waals surface area contributed by atoms with E-state index in [1.807, 2.05) is 13.1 Å². The van der Waals surface area contributed by atoms with E-state index in [2.05, 4.69) is 21.2 Å². The Hall–Kier alpha value is -0.940. The Bertz CT molecular complexity index is 383. The summed E-state index contributed by atoms with van der Waals surface area (Å²) in [5.74, 6) is 2.00. The SMILES string of the molecule is CNCCc1cc(Br)c(OC)c(OC)c1OC. The fourth-order valence-corrected chi connectivity index (χ4v) is 2.30. The maximum Gasteiger partial charge on any atom is 0.204 e. The van der Waals surface area contributed by atoms with E-state index in [1.54, 1.807) is 21.3 Å². The maximum absolute atomic E-state index is 5.41. The van der Waals surface area contributed by atoms with Gasteiger partial charge in [-0.1, -0.05) is 0 Å². The number of ether oxygens (including phenoxy) is 3. The van der Waals surface area contributed by atoms with Gasteiger partial charge in [0.1, 0.15) is 0 Å². The number of hydrogen-bond acceptors (Lipinski definition) is 4. The number of methoxy groups -OCH3 is 3. The molecule has 0 spiro atoms. The van der Waals surface area contributed by atoms with Crippen LogP contribution in [0.4, 0.5) is 0 Å². The Morgan fingerprint density at radius 3 is 2.12 bits per heavy atom. The van der Waals surface area contributed by atoms with Crippen LogP contribution in [0.15, 0.2) is 10.5 Å². The van der Waals surface area contributed by atoms with Crippen molar-refractivity contribution in [2.24, 2.45) is 0 Å². The first-order valence-electron chi connectivity index (χ1n) is 5.31. The summed E-state index contributed by atoms with van der Waals surface area (Å²) in [6.07, 6.45) is 0.860. The molecule has 0 amide bonds. The first-order chi connectivity index (χ1) is 8.19. The molecule has 0 fully saturated rings. The normalized spacial score (nSPS) is 10.2. The molecule has 0 saturated heterocycles. The summed E-state index contributed by atoms with van der Waals surface area (Å²) in [5.41, 5.74) is 1.08. The fraction of sp³-hybridized carbons (Fsp3) is 0.500. The predicted octanol–water partition coefficient (Wildman–Crippen LogP) is 2.24. The Balaban J connectivity index is 3.26. The number of hydrogen-bond donors (Lipinski definition) is 1. The minimum absolute atomic E-state index is 0.621. The van der Waals surface area contributed by atoms with Crippen LogP contribution < -0.4 is 19.5 Å². The number of benzene rings is 1. The second-order valence-electron chi connectivity index (χ2n) is 3.47. The standard InChI is InChI=1S/C12H18BrNO3/c1-14-6-5-8-7-9(13)11(16-3)12(17-4)10(8)15-2/h7,14H,5-6H2,1-4H3. The van der Waals surface area contributed by atoms with Crippen LogP contribution in [0.1, 0.15) is 5.56 Å². The molecule has 0 aliphatic rings. The van der Waals surface area contributed by atoms with Crippen LogP contribution >= 0.6 is 15.9 Å². The van der Waals surface area contributed by atoms with Crippen molar-refractivity contribution >= 4 is 15.9 Å². The summed E-state index contributed by atoms with van der Waals surface area (Å²) in [7, 11) is 6.76. The van der Waals surface area contributed by atoms with Crippen molar-refractivity contribution in [3.63, 3.8) is 0 Å². The van der Waals surface area contributed by atoms with Gasteiger partial charge in [0.15, 0.2) is 11.5 Å². The van der Waals surface area contributed by atoms with Crippen LogP contribution in [0.3, 0.4) is 0 Å². The van der Waals surface area contributed by atoms with E-state index in [0.29, 0.717) is 11.5 Å². The molecule has 0 heterocycles. The highest BCUT2D eigenvalue weighted by Crippen LogP contribution is 2.45. The third-order valence-corrected chi connectivity index (χ3v) is 3.07. The van der Waals surface area contributed by atoms with Crippen LogP contribution in [0.25, 0.3) is 0 Å². The second-order valence-corrected chi connectivity index (χ2v) is 4.33. The lowest BCUT2D eigenvalue weighted by molar-refractivity contribution is 0.321. The van der Waals surface area contributed by atoms with E-state index in [-0.39, 0.29) is 0 Å². The lowest BCUT2D eigenvalue weighted by Crippen LogP contribution is -2.11. The van der Waals surface area contributed by atoms with Gasteiger partial charge in [0.05, 0.1) is 25.8 Å². The summed E-state index contributed by atoms with van der Waals surface area (Å²) in [4.78, 5) is 0. The van der Waals surface area contributed by atoms with Crippen molar-refractivity contribution in [1.82, 2.24) is 5.32 Å². The molecular weight excluding hydrogens is 286 g/mol. The van der Waals surface area contributed by atoms with E-state index in [9.17, 15) is 0 Å². The van der Waals surface area contributed by atoms with Crippen molar-refractivity contribution in [3.8, 4) is 17.2 Å². The smallest absolute Gasteiger partial charge is 0.204 e. The molecule has 96 valence electrons. The third kappa shape index (κ3) is 3.04. The molecule has 0 aromatic heterocycles. The largest absolute Gasteiger partial charge is 0.492 e. The first kappa shape index (κ1) is 14.1. The summed E-state index contributed by atoms with van der Waals surface area (Å²) < 4.78 is 16.9. The minimum Gasteiger partial charge on any atom is -0.492 e. The van der Waals surface area contributed by atoms with Gasteiger partial charge in [-0.05, 0) is 42.0 Å².